The van der Waals surface area contributed by atoms with Crippen molar-refractivity contribution < 1.29 is 29.3 Å². The highest BCUT2D eigenvalue weighted by atomic mass is 16.6. The lowest BCUT2D eigenvalue weighted by Gasteiger charge is -2.27. The molecule has 2 amide bonds. The molecule has 2 aliphatic heterocycles. The fraction of sp³-hybridized carbons (Fsp3) is 0.381. The van der Waals surface area contributed by atoms with Crippen molar-refractivity contribution in [2.45, 2.75) is 44.1 Å². The number of H-pyrrole nitrogens is 1. The van der Waals surface area contributed by atoms with E-state index in [-0.39, 0.29) is 23.7 Å². The first kappa shape index (κ1) is 22.2. The number of nitrogens with two attached hydrogens (primary N) is 1. The molecule has 5 rings (SSSR count). The fourth-order valence-corrected chi connectivity index (χ4v) is 4.28. The van der Waals surface area contributed by atoms with Crippen molar-refractivity contribution in [2.75, 3.05) is 12.3 Å². The zero-order valence-corrected chi connectivity index (χ0v) is 18.0. The number of hydrogen-bond acceptors (Lipinski definition) is 10. The number of ether oxygens (including phenoxy) is 2. The van der Waals surface area contributed by atoms with Gasteiger partial charge in [-0.05, 0) is 18.6 Å². The van der Waals surface area contributed by atoms with Crippen molar-refractivity contribution in [1.82, 2.24) is 24.4 Å². The van der Waals surface area contributed by atoms with Crippen molar-refractivity contribution >= 4 is 28.9 Å². The summed E-state index contributed by atoms with van der Waals surface area (Å²) in [5.41, 5.74) is 5.74. The summed E-state index contributed by atoms with van der Waals surface area (Å²) in [6.45, 7) is 1.53. The van der Waals surface area contributed by atoms with Gasteiger partial charge < -0.3 is 25.4 Å². The van der Waals surface area contributed by atoms with Gasteiger partial charge in [0.2, 0.25) is 5.95 Å². The number of anilines is 1. The van der Waals surface area contributed by atoms with Gasteiger partial charge in [0.15, 0.2) is 17.4 Å². The first-order valence-electron chi connectivity index (χ1n) is 10.6. The van der Waals surface area contributed by atoms with Gasteiger partial charge in [-0.3, -0.25) is 23.9 Å². The number of hydrogen-bond donors (Lipinski definition) is 4. The van der Waals surface area contributed by atoms with Crippen LogP contribution in [0.3, 0.4) is 0 Å². The maximum Gasteiger partial charge on any atom is 0.280 e. The van der Waals surface area contributed by atoms with Crippen molar-refractivity contribution in [1.29, 1.82) is 0 Å². The van der Waals surface area contributed by atoms with Crippen LogP contribution in [0.15, 0.2) is 35.4 Å². The summed E-state index contributed by atoms with van der Waals surface area (Å²) >= 11 is 0. The lowest BCUT2D eigenvalue weighted by atomic mass is 10.1. The molecule has 3 aromatic rings. The predicted octanol–water partition coefficient (Wildman–Crippen LogP) is -0.630. The van der Waals surface area contributed by atoms with Crippen molar-refractivity contribution in [3.05, 3.63) is 52.1 Å². The van der Waals surface area contributed by atoms with Crippen LogP contribution in [0.2, 0.25) is 0 Å². The predicted molar refractivity (Wildman–Crippen MR) is 115 cm³/mol. The molecule has 13 heteroatoms. The van der Waals surface area contributed by atoms with Crippen molar-refractivity contribution in [3.63, 3.8) is 0 Å². The summed E-state index contributed by atoms with van der Waals surface area (Å²) in [6, 6.07) is 6.51. The molecular formula is C21H22N6O7. The van der Waals surface area contributed by atoms with Gasteiger partial charge in [-0.2, -0.15) is 4.98 Å². The highest BCUT2D eigenvalue weighted by Gasteiger charge is 2.46. The van der Waals surface area contributed by atoms with Crippen LogP contribution in [-0.2, 0) is 9.47 Å². The van der Waals surface area contributed by atoms with E-state index in [1.807, 2.05) is 0 Å². The van der Waals surface area contributed by atoms with E-state index < -0.39 is 48.1 Å². The zero-order valence-electron chi connectivity index (χ0n) is 18.0. The van der Waals surface area contributed by atoms with Gasteiger partial charge in [-0.1, -0.05) is 19.1 Å². The molecule has 13 nitrogen and oxygen atoms in total. The van der Waals surface area contributed by atoms with Crippen molar-refractivity contribution in [2.24, 2.45) is 0 Å². The van der Waals surface area contributed by atoms with E-state index in [0.29, 0.717) is 17.5 Å². The first-order chi connectivity index (χ1) is 16.3. The van der Waals surface area contributed by atoms with Crippen molar-refractivity contribution in [3.8, 4) is 0 Å². The van der Waals surface area contributed by atoms with E-state index in [1.165, 1.54) is 10.9 Å². The monoisotopic (exact) mass is 470 g/mol. The SMILES string of the molecule is CCC(OC[C@H]1O[C@@H](n2cnc3c(=O)[nH]c(N)nc32)[C@H](O)[C@@H]1O)N1C(=O)c2ccccc2C1=O. The number of nitrogens with zero attached hydrogens (tertiary/aromatic N) is 4. The van der Waals surface area contributed by atoms with Crippen LogP contribution in [0.4, 0.5) is 5.95 Å². The molecule has 4 heterocycles. The number of fused-ring (bicyclic) bond motifs is 2. The van der Waals surface area contributed by atoms with Gasteiger partial charge in [0.05, 0.1) is 24.1 Å². The Hall–Kier alpha value is -3.65. The number of rotatable bonds is 6. The number of benzene rings is 1. The van der Waals surface area contributed by atoms with Crippen LogP contribution in [0.1, 0.15) is 40.3 Å². The molecule has 178 valence electrons. The molecule has 1 fully saturated rings. The summed E-state index contributed by atoms with van der Waals surface area (Å²) < 4.78 is 12.9. The first-order valence-corrected chi connectivity index (χ1v) is 10.6. The molecule has 0 saturated carbocycles. The molecule has 0 spiro atoms. The Kier molecular flexibility index (Phi) is 5.40. The third-order valence-electron chi connectivity index (χ3n) is 5.98. The molecule has 5 atom stereocenters. The number of carbonyl (C=O) groups is 2. The largest absolute Gasteiger partial charge is 0.387 e. The van der Waals surface area contributed by atoms with E-state index >= 15 is 0 Å². The normalized spacial score (nSPS) is 25.3. The summed E-state index contributed by atoms with van der Waals surface area (Å²) in [4.78, 5) is 48.9. The Balaban J connectivity index is 1.33. The molecular weight excluding hydrogens is 448 g/mol. The average molecular weight is 470 g/mol. The Morgan fingerprint density at radius 1 is 1.18 bits per heavy atom. The highest BCUT2D eigenvalue weighted by Crippen LogP contribution is 2.32. The number of imidazole rings is 1. The molecule has 5 N–H and O–H groups in total. The zero-order chi connectivity index (χ0) is 24.1. The van der Waals surface area contributed by atoms with Crippen LogP contribution < -0.4 is 11.3 Å². The Morgan fingerprint density at radius 3 is 2.50 bits per heavy atom. The Bertz CT molecular complexity index is 1300. The Morgan fingerprint density at radius 2 is 1.85 bits per heavy atom. The van der Waals surface area contributed by atoms with E-state index in [4.69, 9.17) is 15.2 Å². The summed E-state index contributed by atoms with van der Waals surface area (Å²) in [7, 11) is 0. The van der Waals surface area contributed by atoms with Gasteiger partial charge in [0, 0.05) is 0 Å². The Labute approximate surface area is 191 Å². The molecule has 1 unspecified atom stereocenters. The number of carbonyl (C=O) groups excluding carboxylic acids is 2. The van der Waals surface area contributed by atoms with E-state index in [0.717, 1.165) is 4.90 Å². The lowest BCUT2D eigenvalue weighted by Crippen LogP contribution is -2.43. The number of aromatic nitrogens is 4. The third-order valence-corrected chi connectivity index (χ3v) is 5.98. The summed E-state index contributed by atoms with van der Waals surface area (Å²) in [6.07, 6.45) is -4.22. The van der Waals surface area contributed by atoms with E-state index in [9.17, 15) is 24.6 Å². The maximum atomic E-state index is 12.8. The number of aliphatic hydroxyl groups is 2. The number of aliphatic hydroxyl groups excluding tert-OH is 2. The average Bonchev–Trinajstić information content (AvgIpc) is 3.44. The van der Waals surface area contributed by atoms with Crippen LogP contribution in [-0.4, -0.2) is 77.6 Å². The van der Waals surface area contributed by atoms with Gasteiger partial charge in [0.1, 0.15) is 24.5 Å². The van der Waals surface area contributed by atoms with Gasteiger partial charge in [-0.15, -0.1) is 0 Å². The van der Waals surface area contributed by atoms with Crippen LogP contribution >= 0.6 is 0 Å². The third kappa shape index (κ3) is 3.37. The van der Waals surface area contributed by atoms with Crippen LogP contribution in [0, 0.1) is 0 Å². The topological polar surface area (TPSA) is 186 Å². The molecule has 0 aliphatic carbocycles. The van der Waals surface area contributed by atoms with E-state index in [2.05, 4.69) is 15.0 Å². The van der Waals surface area contributed by atoms with Crippen LogP contribution in [0.5, 0.6) is 0 Å². The van der Waals surface area contributed by atoms with Crippen LogP contribution in [0.25, 0.3) is 11.2 Å². The van der Waals surface area contributed by atoms with Gasteiger partial charge >= 0.3 is 0 Å². The molecule has 0 bridgehead atoms. The molecule has 0 radical (unpaired) electrons. The number of amides is 2. The highest BCUT2D eigenvalue weighted by molar-refractivity contribution is 6.21. The van der Waals surface area contributed by atoms with Gasteiger partial charge in [-0.25, -0.2) is 9.88 Å². The molecule has 1 saturated heterocycles. The molecule has 34 heavy (non-hydrogen) atoms. The summed E-state index contributed by atoms with van der Waals surface area (Å²) in [5, 5.41) is 21.1. The number of imide groups is 1. The minimum atomic E-state index is -1.40. The second-order valence-corrected chi connectivity index (χ2v) is 8.04. The molecule has 2 aromatic heterocycles. The second kappa shape index (κ2) is 8.29. The standard InChI is InChI=1S/C21H22N6O7/c1-2-12(27-18(31)9-5-3-4-6-10(9)19(27)32)33-7-11-14(28)15(29)20(34-11)26-8-23-13-16(26)24-21(22)25-17(13)30/h3-6,8,11-12,14-15,20,28-29H,2,7H2,1H3,(H3,22,24,25,30)/t11-,12?,14-,15-,20-/m1/s1. The number of nitrogens with one attached hydrogen (secondary N) is 1. The van der Waals surface area contributed by atoms with E-state index in [1.54, 1.807) is 31.2 Å². The lowest BCUT2D eigenvalue weighted by molar-refractivity contribution is -0.103. The minimum Gasteiger partial charge on any atom is -0.387 e. The number of nitrogen functional groups attached to an aromatic ring is 1. The smallest absolute Gasteiger partial charge is 0.280 e. The molecule has 2 aliphatic rings. The second-order valence-electron chi connectivity index (χ2n) is 8.04. The fourth-order valence-electron chi connectivity index (χ4n) is 4.28. The number of aromatic amines is 1. The quantitative estimate of drug-likeness (QED) is 0.338. The summed E-state index contributed by atoms with van der Waals surface area (Å²) in [5.74, 6) is -1.06. The van der Waals surface area contributed by atoms with Gasteiger partial charge in [0.25, 0.3) is 17.4 Å². The maximum absolute atomic E-state index is 12.8. The molecule has 1 aromatic carbocycles. The minimum absolute atomic E-state index is 0.00383.